The molecule has 1 N–H and O–H groups in total. The van der Waals surface area contributed by atoms with Gasteiger partial charge in [-0.05, 0) is 18.2 Å². The first kappa shape index (κ1) is 16.5. The molecule has 0 saturated heterocycles. The molecule has 1 aromatic heterocycles. The van der Waals surface area contributed by atoms with E-state index in [9.17, 15) is 22.8 Å². The summed E-state index contributed by atoms with van der Waals surface area (Å²) in [4.78, 5) is 22.8. The predicted molar refractivity (Wildman–Crippen MR) is 72.0 cm³/mol. The Morgan fingerprint density at radius 2 is 2.04 bits per heavy atom. The van der Waals surface area contributed by atoms with Crippen molar-refractivity contribution >= 4 is 17.8 Å². The van der Waals surface area contributed by atoms with E-state index in [-0.39, 0.29) is 22.9 Å². The van der Waals surface area contributed by atoms with E-state index < -0.39 is 24.5 Å². The summed E-state index contributed by atoms with van der Waals surface area (Å²) >= 11 is 0. The van der Waals surface area contributed by atoms with E-state index in [1.54, 1.807) is 0 Å². The van der Waals surface area contributed by atoms with Crippen LogP contribution in [0.5, 0.6) is 5.75 Å². The number of aromatic nitrogens is 1. The van der Waals surface area contributed by atoms with Gasteiger partial charge >= 0.3 is 12.1 Å². The zero-order valence-electron chi connectivity index (χ0n) is 11.8. The molecule has 0 saturated carbocycles. The van der Waals surface area contributed by atoms with Gasteiger partial charge < -0.3 is 9.26 Å². The fraction of sp³-hybridized carbons (Fsp3) is 0.214. The Labute approximate surface area is 128 Å². The van der Waals surface area contributed by atoms with Crippen LogP contribution in [0.4, 0.5) is 19.1 Å². The fourth-order valence-electron chi connectivity index (χ4n) is 1.71. The summed E-state index contributed by atoms with van der Waals surface area (Å²) in [5.41, 5.74) is -0.209. The van der Waals surface area contributed by atoms with Gasteiger partial charge in [-0.15, -0.1) is 0 Å². The molecule has 0 aliphatic rings. The van der Waals surface area contributed by atoms with E-state index >= 15 is 0 Å². The maximum Gasteiger partial charge on any atom is 0.394 e. The summed E-state index contributed by atoms with van der Waals surface area (Å²) in [5.74, 6) is -1.24. The van der Waals surface area contributed by atoms with Crippen LogP contribution in [0, 0.1) is 0 Å². The lowest BCUT2D eigenvalue weighted by Crippen LogP contribution is -2.12. The normalized spacial score (nSPS) is 11.1. The van der Waals surface area contributed by atoms with E-state index in [2.05, 4.69) is 15.0 Å². The van der Waals surface area contributed by atoms with Crippen molar-refractivity contribution < 1.29 is 32.0 Å². The number of rotatable bonds is 4. The van der Waals surface area contributed by atoms with Crippen molar-refractivity contribution in [1.82, 2.24) is 5.16 Å². The Bertz CT molecular complexity index is 725. The SMILES string of the molecule is CC(=O)Oc1cccc(C(=O)Nc2cc(CC(F)(F)F)no2)c1. The van der Waals surface area contributed by atoms with Crippen LogP contribution in [0.3, 0.4) is 0 Å². The topological polar surface area (TPSA) is 81.4 Å². The Kier molecular flexibility index (Phi) is 4.68. The molecule has 0 aliphatic carbocycles. The Hall–Kier alpha value is -2.84. The van der Waals surface area contributed by atoms with Crippen molar-refractivity contribution in [1.29, 1.82) is 0 Å². The van der Waals surface area contributed by atoms with Crippen LogP contribution in [-0.4, -0.2) is 23.2 Å². The number of carbonyl (C=O) groups is 2. The van der Waals surface area contributed by atoms with Crippen molar-refractivity contribution in [2.24, 2.45) is 0 Å². The highest BCUT2D eigenvalue weighted by atomic mass is 19.4. The molecule has 0 bridgehead atoms. The van der Waals surface area contributed by atoms with Crippen LogP contribution in [0.2, 0.25) is 0 Å². The van der Waals surface area contributed by atoms with Gasteiger partial charge in [0.15, 0.2) is 0 Å². The largest absolute Gasteiger partial charge is 0.427 e. The number of hydrogen-bond acceptors (Lipinski definition) is 5. The lowest BCUT2D eigenvalue weighted by molar-refractivity contribution is -0.132. The molecule has 0 radical (unpaired) electrons. The van der Waals surface area contributed by atoms with Gasteiger partial charge in [-0.3, -0.25) is 14.9 Å². The number of carbonyl (C=O) groups excluding carboxylic acids is 2. The summed E-state index contributed by atoms with van der Waals surface area (Å²) in [6.07, 6.45) is -5.68. The Balaban J connectivity index is 2.06. The second kappa shape index (κ2) is 6.51. The van der Waals surface area contributed by atoms with Crippen LogP contribution in [0.15, 0.2) is 34.9 Å². The molecule has 9 heteroatoms. The standard InChI is InChI=1S/C14H11F3N2O4/c1-8(20)22-11-4-2-3-9(5-11)13(21)18-12-6-10(19-23-12)7-14(15,16)17/h2-6H,7H2,1H3,(H,18,21). The van der Waals surface area contributed by atoms with Gasteiger partial charge in [0.25, 0.3) is 5.91 Å². The highest BCUT2D eigenvalue weighted by Gasteiger charge is 2.29. The van der Waals surface area contributed by atoms with Crippen molar-refractivity contribution in [2.75, 3.05) is 5.32 Å². The first-order chi connectivity index (χ1) is 10.7. The molecule has 0 atom stereocenters. The molecule has 0 unspecified atom stereocenters. The molecule has 2 aromatic rings. The van der Waals surface area contributed by atoms with Crippen molar-refractivity contribution in [3.8, 4) is 5.75 Å². The third-order valence-corrected chi connectivity index (χ3v) is 2.54. The Morgan fingerprint density at radius 3 is 2.70 bits per heavy atom. The van der Waals surface area contributed by atoms with Gasteiger partial charge in [-0.2, -0.15) is 13.2 Å². The van der Waals surface area contributed by atoms with E-state index in [0.717, 1.165) is 6.07 Å². The number of nitrogens with one attached hydrogen (secondary N) is 1. The van der Waals surface area contributed by atoms with Crippen LogP contribution in [0.25, 0.3) is 0 Å². The number of hydrogen-bond donors (Lipinski definition) is 1. The number of esters is 1. The minimum Gasteiger partial charge on any atom is -0.427 e. The van der Waals surface area contributed by atoms with Crippen LogP contribution in [-0.2, 0) is 11.2 Å². The summed E-state index contributed by atoms with van der Waals surface area (Å²) in [5, 5.41) is 5.50. The third-order valence-electron chi connectivity index (χ3n) is 2.54. The molecule has 0 aliphatic heterocycles. The molecular formula is C14H11F3N2O4. The molecule has 0 spiro atoms. The number of amides is 1. The number of halogens is 3. The number of nitrogens with zero attached hydrogens (tertiary/aromatic N) is 1. The summed E-state index contributed by atoms with van der Waals surface area (Å²) < 4.78 is 46.1. The second-order valence-electron chi connectivity index (χ2n) is 4.55. The summed E-state index contributed by atoms with van der Waals surface area (Å²) in [7, 11) is 0. The molecule has 122 valence electrons. The van der Waals surface area contributed by atoms with Crippen LogP contribution < -0.4 is 10.1 Å². The van der Waals surface area contributed by atoms with Crippen molar-refractivity contribution in [3.05, 3.63) is 41.6 Å². The van der Waals surface area contributed by atoms with Gasteiger partial charge in [-0.1, -0.05) is 11.2 Å². The minimum atomic E-state index is -4.42. The average Bonchev–Trinajstić information content (AvgIpc) is 2.83. The van der Waals surface area contributed by atoms with Crippen LogP contribution >= 0.6 is 0 Å². The lowest BCUT2D eigenvalue weighted by Gasteiger charge is -2.04. The smallest absolute Gasteiger partial charge is 0.394 e. The first-order valence-electron chi connectivity index (χ1n) is 6.35. The summed E-state index contributed by atoms with van der Waals surface area (Å²) in [6.45, 7) is 1.21. The van der Waals surface area contributed by atoms with E-state index in [0.29, 0.717) is 0 Å². The molecular weight excluding hydrogens is 317 g/mol. The minimum absolute atomic E-state index is 0.137. The highest BCUT2D eigenvalue weighted by molar-refractivity contribution is 6.03. The van der Waals surface area contributed by atoms with E-state index in [1.807, 2.05) is 0 Å². The quantitative estimate of drug-likeness (QED) is 0.689. The monoisotopic (exact) mass is 328 g/mol. The number of benzene rings is 1. The van der Waals surface area contributed by atoms with E-state index in [1.165, 1.54) is 31.2 Å². The van der Waals surface area contributed by atoms with Gasteiger partial charge in [0.2, 0.25) is 5.88 Å². The van der Waals surface area contributed by atoms with Gasteiger partial charge in [0, 0.05) is 18.6 Å². The first-order valence-corrected chi connectivity index (χ1v) is 6.35. The number of ether oxygens (including phenoxy) is 1. The molecule has 2 rings (SSSR count). The average molecular weight is 328 g/mol. The van der Waals surface area contributed by atoms with Gasteiger partial charge in [-0.25, -0.2) is 0 Å². The maximum absolute atomic E-state index is 12.2. The molecule has 1 aromatic carbocycles. The predicted octanol–water partition coefficient (Wildman–Crippen LogP) is 2.96. The molecule has 1 heterocycles. The zero-order chi connectivity index (χ0) is 17.0. The highest BCUT2D eigenvalue weighted by Crippen LogP contribution is 2.22. The fourth-order valence-corrected chi connectivity index (χ4v) is 1.71. The lowest BCUT2D eigenvalue weighted by atomic mass is 10.2. The Morgan fingerprint density at radius 1 is 1.30 bits per heavy atom. The summed E-state index contributed by atoms with van der Waals surface area (Å²) in [6, 6.07) is 6.71. The molecule has 1 amide bonds. The van der Waals surface area contributed by atoms with Crippen LogP contribution in [0.1, 0.15) is 23.0 Å². The number of anilines is 1. The van der Waals surface area contributed by atoms with Gasteiger partial charge in [0.05, 0.1) is 12.1 Å². The molecule has 0 fully saturated rings. The molecule has 23 heavy (non-hydrogen) atoms. The molecule has 6 nitrogen and oxygen atoms in total. The van der Waals surface area contributed by atoms with Crippen molar-refractivity contribution in [3.63, 3.8) is 0 Å². The van der Waals surface area contributed by atoms with Crippen molar-refractivity contribution in [2.45, 2.75) is 19.5 Å². The zero-order valence-corrected chi connectivity index (χ0v) is 11.8. The van der Waals surface area contributed by atoms with E-state index in [4.69, 9.17) is 4.74 Å². The van der Waals surface area contributed by atoms with Gasteiger partial charge in [0.1, 0.15) is 5.75 Å². The third kappa shape index (κ3) is 5.13. The maximum atomic E-state index is 12.2. The second-order valence-corrected chi connectivity index (χ2v) is 4.55. The number of alkyl halides is 3.